The number of ether oxygens (including phenoxy) is 1. The summed E-state index contributed by atoms with van der Waals surface area (Å²) in [5.74, 6) is 0.830. The van der Waals surface area contributed by atoms with Crippen LogP contribution in [0.3, 0.4) is 0 Å². The van der Waals surface area contributed by atoms with Gasteiger partial charge in [0.1, 0.15) is 5.75 Å². The molecule has 0 aliphatic carbocycles. The van der Waals surface area contributed by atoms with Crippen molar-refractivity contribution in [2.24, 2.45) is 0 Å². The average Bonchev–Trinajstić information content (AvgIpc) is 2.88. The lowest BCUT2D eigenvalue weighted by molar-refractivity contribution is -0.0585. The smallest absolute Gasteiger partial charge is 0.322 e. The quantitative estimate of drug-likeness (QED) is 0.526. The van der Waals surface area contributed by atoms with Gasteiger partial charge >= 0.3 is 6.03 Å². The third-order valence-corrected chi connectivity index (χ3v) is 7.65. The van der Waals surface area contributed by atoms with Crippen molar-refractivity contribution in [3.05, 3.63) is 83.9 Å². The molecule has 0 unspecified atom stereocenters. The predicted molar refractivity (Wildman–Crippen MR) is 144 cm³/mol. The Kier molecular flexibility index (Phi) is 7.25. The third kappa shape index (κ3) is 4.84. The number of nitrogens with zero attached hydrogens (tertiary/aromatic N) is 2. The first-order valence-corrected chi connectivity index (χ1v) is 12.8. The summed E-state index contributed by atoms with van der Waals surface area (Å²) in [6.07, 6.45) is 1.95. The largest absolute Gasteiger partial charge is 0.495 e. The Balaban J connectivity index is 1.35. The Bertz CT molecular complexity index is 1200. The molecule has 2 heterocycles. The monoisotopic (exact) mass is 485 g/mol. The van der Waals surface area contributed by atoms with Crippen LogP contribution in [-0.4, -0.2) is 66.4 Å². The van der Waals surface area contributed by atoms with Crippen molar-refractivity contribution >= 4 is 11.7 Å². The number of methoxy groups -OCH3 is 1. The molecule has 188 valence electrons. The van der Waals surface area contributed by atoms with Crippen LogP contribution in [0.25, 0.3) is 11.1 Å². The van der Waals surface area contributed by atoms with Crippen LogP contribution in [-0.2, 0) is 0 Å². The lowest BCUT2D eigenvalue weighted by atomic mass is 9.74. The highest BCUT2D eigenvalue weighted by molar-refractivity contribution is 5.91. The standard InChI is InChI=1S/C30H35N3O3/c1-21-8-7-9-24(18-21)22-12-14-23(15-13-22)29-26-19-32(16-5-6-17-33(26)27(29)20-34)30(35)31-25-10-3-4-11-28(25)36-2/h3-4,7-15,18,26-27,29,34H,5-6,16-17,19-20H2,1-2H3,(H,31,35)/t26-,27-,29+/m0/s1. The number of nitrogens with one attached hydrogen (secondary N) is 1. The molecule has 5 rings (SSSR count). The van der Waals surface area contributed by atoms with Gasteiger partial charge in [0.25, 0.3) is 0 Å². The maximum Gasteiger partial charge on any atom is 0.322 e. The minimum atomic E-state index is -0.109. The second kappa shape index (κ2) is 10.7. The Morgan fingerprint density at radius 2 is 1.78 bits per heavy atom. The molecule has 36 heavy (non-hydrogen) atoms. The zero-order chi connectivity index (χ0) is 25.1. The molecule has 0 spiro atoms. The summed E-state index contributed by atoms with van der Waals surface area (Å²) in [7, 11) is 1.61. The number of amides is 2. The molecule has 3 aromatic rings. The van der Waals surface area contributed by atoms with Gasteiger partial charge in [-0.05, 0) is 55.1 Å². The number of aryl methyl sites for hydroxylation is 1. The van der Waals surface area contributed by atoms with E-state index in [2.05, 4.69) is 65.7 Å². The molecule has 0 bridgehead atoms. The summed E-state index contributed by atoms with van der Waals surface area (Å²) < 4.78 is 5.41. The number of rotatable bonds is 5. The van der Waals surface area contributed by atoms with E-state index in [0.717, 1.165) is 19.4 Å². The summed E-state index contributed by atoms with van der Waals surface area (Å²) >= 11 is 0. The Morgan fingerprint density at radius 3 is 2.53 bits per heavy atom. The Morgan fingerprint density at radius 1 is 1.00 bits per heavy atom. The SMILES string of the molecule is COc1ccccc1NC(=O)N1CCCCN2[C@@H](CO)[C@H](c3ccc(-c4cccc(C)c4)cc3)[C@@H]2C1. The van der Waals surface area contributed by atoms with Crippen molar-refractivity contribution in [2.75, 3.05) is 38.7 Å². The van der Waals surface area contributed by atoms with Crippen molar-refractivity contribution in [1.82, 2.24) is 9.80 Å². The molecule has 0 saturated carbocycles. The number of para-hydroxylation sites is 2. The lowest BCUT2D eigenvalue weighted by Crippen LogP contribution is -2.68. The zero-order valence-electron chi connectivity index (χ0n) is 21.1. The number of benzene rings is 3. The molecule has 0 aromatic heterocycles. The van der Waals surface area contributed by atoms with Crippen molar-refractivity contribution in [3.8, 4) is 16.9 Å². The normalized spacial score (nSPS) is 22.1. The molecule has 6 nitrogen and oxygen atoms in total. The molecule has 2 aliphatic rings. The fourth-order valence-electron chi connectivity index (χ4n) is 5.79. The number of anilines is 1. The van der Waals surface area contributed by atoms with Crippen LogP contribution in [0.4, 0.5) is 10.5 Å². The summed E-state index contributed by atoms with van der Waals surface area (Å²) in [6.45, 7) is 4.52. The summed E-state index contributed by atoms with van der Waals surface area (Å²) in [4.78, 5) is 17.6. The van der Waals surface area contributed by atoms with Gasteiger partial charge in [-0.15, -0.1) is 0 Å². The van der Waals surface area contributed by atoms with E-state index in [4.69, 9.17) is 4.74 Å². The average molecular weight is 486 g/mol. The van der Waals surface area contributed by atoms with Gasteiger partial charge in [0.15, 0.2) is 0 Å². The van der Waals surface area contributed by atoms with Crippen molar-refractivity contribution in [3.63, 3.8) is 0 Å². The molecule has 3 aromatic carbocycles. The number of aliphatic hydroxyl groups excluding tert-OH is 1. The Hall–Kier alpha value is -3.35. The molecule has 0 radical (unpaired) electrons. The molecular formula is C30H35N3O3. The van der Waals surface area contributed by atoms with Gasteiger partial charge in [-0.3, -0.25) is 4.90 Å². The number of aliphatic hydroxyl groups is 1. The van der Waals surface area contributed by atoms with Crippen LogP contribution >= 0.6 is 0 Å². The first kappa shape index (κ1) is 24.3. The fourth-order valence-corrected chi connectivity index (χ4v) is 5.79. The topological polar surface area (TPSA) is 65.0 Å². The van der Waals surface area contributed by atoms with E-state index < -0.39 is 0 Å². The van der Waals surface area contributed by atoms with Gasteiger partial charge in [-0.2, -0.15) is 0 Å². The highest BCUT2D eigenvalue weighted by Crippen LogP contribution is 2.42. The lowest BCUT2D eigenvalue weighted by Gasteiger charge is -2.57. The first-order valence-electron chi connectivity index (χ1n) is 12.8. The fraction of sp³-hybridized carbons (Fsp3) is 0.367. The van der Waals surface area contributed by atoms with Gasteiger partial charge < -0.3 is 20.1 Å². The highest BCUT2D eigenvalue weighted by atomic mass is 16.5. The van der Waals surface area contributed by atoms with Crippen LogP contribution < -0.4 is 10.1 Å². The molecule has 2 aliphatic heterocycles. The first-order chi connectivity index (χ1) is 17.6. The van der Waals surface area contributed by atoms with E-state index in [-0.39, 0.29) is 30.6 Å². The maximum absolute atomic E-state index is 13.3. The molecule has 3 atom stereocenters. The molecule has 2 fully saturated rings. The van der Waals surface area contributed by atoms with Crippen LogP contribution in [0.15, 0.2) is 72.8 Å². The van der Waals surface area contributed by atoms with E-state index in [1.54, 1.807) is 7.11 Å². The van der Waals surface area contributed by atoms with Crippen molar-refractivity contribution in [1.29, 1.82) is 0 Å². The Labute approximate surface area is 213 Å². The van der Waals surface area contributed by atoms with Gasteiger partial charge in [-0.25, -0.2) is 4.79 Å². The van der Waals surface area contributed by atoms with Crippen molar-refractivity contribution < 1.29 is 14.6 Å². The highest BCUT2D eigenvalue weighted by Gasteiger charge is 2.49. The van der Waals surface area contributed by atoms with Crippen molar-refractivity contribution in [2.45, 2.75) is 37.8 Å². The maximum atomic E-state index is 13.3. The second-order valence-electron chi connectivity index (χ2n) is 9.86. The van der Waals surface area contributed by atoms with Gasteiger partial charge in [0.2, 0.25) is 0 Å². The summed E-state index contributed by atoms with van der Waals surface area (Å²) in [5, 5.41) is 13.3. The van der Waals surface area contributed by atoms with E-state index in [0.29, 0.717) is 24.5 Å². The molecule has 2 saturated heterocycles. The van der Waals surface area contributed by atoms with E-state index in [1.165, 1.54) is 22.3 Å². The van der Waals surface area contributed by atoms with Crippen LogP contribution in [0.1, 0.15) is 29.9 Å². The van der Waals surface area contributed by atoms with E-state index in [1.807, 2.05) is 29.2 Å². The second-order valence-corrected chi connectivity index (χ2v) is 9.86. The van der Waals surface area contributed by atoms with Crippen LogP contribution in [0.5, 0.6) is 5.75 Å². The number of carbonyl (C=O) groups excluding carboxylic acids is 1. The van der Waals surface area contributed by atoms with Gasteiger partial charge in [0, 0.05) is 31.1 Å². The number of urea groups is 1. The predicted octanol–water partition coefficient (Wildman–Crippen LogP) is 5.13. The molecule has 2 amide bonds. The van der Waals surface area contributed by atoms with Crippen LogP contribution in [0.2, 0.25) is 0 Å². The summed E-state index contributed by atoms with van der Waals surface area (Å²) in [6, 6.07) is 24.9. The summed E-state index contributed by atoms with van der Waals surface area (Å²) in [5.41, 5.74) is 5.54. The molecule has 6 heteroatoms. The molecule has 2 N–H and O–H groups in total. The number of carbonyl (C=O) groups is 1. The number of hydrogen-bond acceptors (Lipinski definition) is 4. The third-order valence-electron chi connectivity index (χ3n) is 7.65. The van der Waals surface area contributed by atoms with Crippen LogP contribution in [0, 0.1) is 6.92 Å². The van der Waals surface area contributed by atoms with E-state index in [9.17, 15) is 9.90 Å². The van der Waals surface area contributed by atoms with Gasteiger partial charge in [-0.1, -0.05) is 66.2 Å². The van der Waals surface area contributed by atoms with Gasteiger partial charge in [0.05, 0.1) is 19.4 Å². The zero-order valence-corrected chi connectivity index (χ0v) is 21.1. The number of hydrogen-bond donors (Lipinski definition) is 2. The molecular weight excluding hydrogens is 450 g/mol. The number of fused-ring (bicyclic) bond motifs is 1. The minimum Gasteiger partial charge on any atom is -0.495 e. The van der Waals surface area contributed by atoms with E-state index >= 15 is 0 Å². The minimum absolute atomic E-state index is 0.0806.